The molecule has 1 atom stereocenters. The van der Waals surface area contributed by atoms with Crippen molar-refractivity contribution in [2.75, 3.05) is 13.6 Å². The van der Waals surface area contributed by atoms with E-state index in [2.05, 4.69) is 10.2 Å². The van der Waals surface area contributed by atoms with Crippen LogP contribution >= 0.6 is 0 Å². The number of hydrogen-bond acceptors (Lipinski definition) is 5. The first-order chi connectivity index (χ1) is 9.56. The topological polar surface area (TPSA) is 101 Å². The van der Waals surface area contributed by atoms with Crippen LogP contribution in [0.1, 0.15) is 34.7 Å². The van der Waals surface area contributed by atoms with E-state index in [-0.39, 0.29) is 17.7 Å². The molecule has 0 radical (unpaired) electrons. The minimum absolute atomic E-state index is 0.0311. The summed E-state index contributed by atoms with van der Waals surface area (Å²) in [7, 11) is 1.64. The van der Waals surface area contributed by atoms with Crippen LogP contribution in [0.25, 0.3) is 0 Å². The average Bonchev–Trinajstić information content (AvgIpc) is 3.05. The molecular weight excluding hydrogens is 260 g/mol. The number of likely N-dealkylation sites (N-methyl/N-ethyl adjacent to an activating group) is 1. The Kier molecular flexibility index (Phi) is 4.41. The molecule has 110 valence electrons. The molecule has 2 amide bonds. The van der Waals surface area contributed by atoms with Crippen molar-refractivity contribution in [2.24, 2.45) is 5.84 Å². The van der Waals surface area contributed by atoms with Gasteiger partial charge in [-0.25, -0.2) is 5.84 Å². The highest BCUT2D eigenvalue weighted by Crippen LogP contribution is 2.23. The van der Waals surface area contributed by atoms with E-state index >= 15 is 0 Å². The molecule has 0 spiro atoms. The van der Waals surface area contributed by atoms with Gasteiger partial charge in [0.05, 0.1) is 6.04 Å². The van der Waals surface area contributed by atoms with Gasteiger partial charge in [-0.05, 0) is 32.4 Å². The zero-order chi connectivity index (χ0) is 14.7. The molecule has 0 bridgehead atoms. The zero-order valence-corrected chi connectivity index (χ0v) is 11.7. The van der Waals surface area contributed by atoms with Crippen molar-refractivity contribution in [1.82, 2.24) is 15.6 Å². The maximum atomic E-state index is 11.8. The van der Waals surface area contributed by atoms with E-state index < -0.39 is 5.91 Å². The fourth-order valence-corrected chi connectivity index (χ4v) is 2.56. The maximum Gasteiger partial charge on any atom is 0.300 e. The molecule has 1 unspecified atom stereocenters. The van der Waals surface area contributed by atoms with Gasteiger partial charge in [-0.1, -0.05) is 0 Å². The average molecular weight is 280 g/mol. The molecule has 0 aromatic carbocycles. The number of nitrogens with one attached hydrogen (secondary N) is 2. The normalized spacial score (nSPS) is 19.1. The molecule has 1 aliphatic rings. The molecule has 2 heterocycles. The monoisotopic (exact) mass is 280 g/mol. The molecule has 1 saturated heterocycles. The molecule has 0 aliphatic carbocycles. The number of nitrogens with zero attached hydrogens (tertiary/aromatic N) is 1. The summed E-state index contributed by atoms with van der Waals surface area (Å²) in [6, 6.07) is 1.57. The Hall–Kier alpha value is -1.86. The van der Waals surface area contributed by atoms with Gasteiger partial charge in [-0.15, -0.1) is 0 Å². The smallest absolute Gasteiger partial charge is 0.300 e. The fourth-order valence-electron chi connectivity index (χ4n) is 2.56. The number of carbonyl (C=O) groups is 2. The number of hydrazine groups is 1. The Bertz CT molecular complexity index is 512. The predicted octanol–water partition coefficient (Wildman–Crippen LogP) is -0.0981. The van der Waals surface area contributed by atoms with Gasteiger partial charge in [0.2, 0.25) is 5.91 Å². The van der Waals surface area contributed by atoms with Crippen molar-refractivity contribution in [1.29, 1.82) is 0 Å². The van der Waals surface area contributed by atoms with Gasteiger partial charge in [0.1, 0.15) is 5.76 Å². The van der Waals surface area contributed by atoms with Crippen LogP contribution < -0.4 is 16.6 Å². The predicted molar refractivity (Wildman–Crippen MR) is 72.6 cm³/mol. The third-order valence-electron chi connectivity index (χ3n) is 3.66. The lowest BCUT2D eigenvalue weighted by atomic mass is 10.2. The van der Waals surface area contributed by atoms with Crippen molar-refractivity contribution in [3.63, 3.8) is 0 Å². The number of nitrogen functional groups attached to an aromatic ring is 1. The van der Waals surface area contributed by atoms with Gasteiger partial charge < -0.3 is 9.73 Å². The van der Waals surface area contributed by atoms with E-state index in [1.807, 2.05) is 5.43 Å². The molecule has 1 aliphatic heterocycles. The number of aryl methyl sites for hydroxylation is 1. The van der Waals surface area contributed by atoms with Crippen LogP contribution in [0.15, 0.2) is 10.5 Å². The first kappa shape index (κ1) is 14.5. The van der Waals surface area contributed by atoms with Crippen LogP contribution in [0.5, 0.6) is 0 Å². The highest BCUT2D eigenvalue weighted by molar-refractivity contribution is 5.91. The summed E-state index contributed by atoms with van der Waals surface area (Å²) in [6.07, 6.45) is 1.85. The van der Waals surface area contributed by atoms with Crippen LogP contribution in [0.4, 0.5) is 0 Å². The highest BCUT2D eigenvalue weighted by atomic mass is 16.4. The quantitative estimate of drug-likeness (QED) is 0.406. The third-order valence-corrected chi connectivity index (χ3v) is 3.66. The molecule has 1 aromatic rings. The second-order valence-electron chi connectivity index (χ2n) is 4.91. The second kappa shape index (κ2) is 6.06. The number of carbonyl (C=O) groups excluding carboxylic acids is 2. The summed E-state index contributed by atoms with van der Waals surface area (Å²) in [4.78, 5) is 25.3. The molecular formula is C13H20N4O3. The summed E-state index contributed by atoms with van der Waals surface area (Å²) in [6.45, 7) is 3.25. The van der Waals surface area contributed by atoms with Crippen molar-refractivity contribution in [3.8, 4) is 0 Å². The largest absolute Gasteiger partial charge is 0.456 e. The minimum atomic E-state index is -0.455. The Morgan fingerprint density at radius 2 is 2.30 bits per heavy atom. The number of nitrogens with two attached hydrogens (primary N) is 1. The molecule has 7 nitrogen and oxygen atoms in total. The lowest BCUT2D eigenvalue weighted by molar-refractivity contribution is -0.125. The van der Waals surface area contributed by atoms with E-state index in [1.165, 1.54) is 0 Å². The van der Waals surface area contributed by atoms with E-state index in [0.717, 1.165) is 24.9 Å². The highest BCUT2D eigenvalue weighted by Gasteiger charge is 2.30. The number of rotatable bonds is 4. The lowest BCUT2D eigenvalue weighted by Crippen LogP contribution is -2.41. The molecule has 2 rings (SSSR count). The van der Waals surface area contributed by atoms with Gasteiger partial charge in [-0.3, -0.25) is 19.9 Å². The van der Waals surface area contributed by atoms with Crippen LogP contribution in [-0.2, 0) is 11.3 Å². The number of likely N-dealkylation sites (tertiary alicyclic amines) is 1. The molecule has 1 aromatic heterocycles. The fraction of sp³-hybridized carbons (Fsp3) is 0.538. The number of hydrogen-bond donors (Lipinski definition) is 3. The zero-order valence-electron chi connectivity index (χ0n) is 11.7. The van der Waals surface area contributed by atoms with E-state index in [1.54, 1.807) is 20.0 Å². The summed E-state index contributed by atoms with van der Waals surface area (Å²) in [5.41, 5.74) is 2.94. The van der Waals surface area contributed by atoms with Crippen LogP contribution in [0.2, 0.25) is 0 Å². The van der Waals surface area contributed by atoms with Gasteiger partial charge in [-0.2, -0.15) is 0 Å². The van der Waals surface area contributed by atoms with Gasteiger partial charge in [0.15, 0.2) is 5.76 Å². The Morgan fingerprint density at radius 3 is 2.95 bits per heavy atom. The summed E-state index contributed by atoms with van der Waals surface area (Å²) in [5, 5.41) is 2.69. The van der Waals surface area contributed by atoms with Crippen molar-refractivity contribution >= 4 is 11.8 Å². The molecule has 7 heteroatoms. The molecule has 1 fully saturated rings. The van der Waals surface area contributed by atoms with Crippen LogP contribution in [0, 0.1) is 6.92 Å². The van der Waals surface area contributed by atoms with E-state index in [4.69, 9.17) is 10.3 Å². The van der Waals surface area contributed by atoms with Crippen LogP contribution in [-0.4, -0.2) is 36.3 Å². The van der Waals surface area contributed by atoms with Crippen molar-refractivity contribution < 1.29 is 14.0 Å². The maximum absolute atomic E-state index is 11.8. The summed E-state index contributed by atoms with van der Waals surface area (Å²) >= 11 is 0. The van der Waals surface area contributed by atoms with Crippen LogP contribution in [0.3, 0.4) is 0 Å². The molecule has 0 saturated carbocycles. The Morgan fingerprint density at radius 1 is 1.55 bits per heavy atom. The summed E-state index contributed by atoms with van der Waals surface area (Å²) < 4.78 is 5.38. The minimum Gasteiger partial charge on any atom is -0.456 e. The van der Waals surface area contributed by atoms with Crippen molar-refractivity contribution in [3.05, 3.63) is 23.2 Å². The summed E-state index contributed by atoms with van der Waals surface area (Å²) in [5.74, 6) is 5.52. The van der Waals surface area contributed by atoms with Gasteiger partial charge >= 0.3 is 5.91 Å². The first-order valence-corrected chi connectivity index (χ1v) is 6.62. The van der Waals surface area contributed by atoms with Crippen molar-refractivity contribution in [2.45, 2.75) is 32.4 Å². The second-order valence-corrected chi connectivity index (χ2v) is 4.91. The molecule has 4 N–H and O–H groups in total. The Labute approximate surface area is 117 Å². The number of furan rings is 1. The third kappa shape index (κ3) is 2.83. The SMILES string of the molecule is CNC(=O)C1CCCN1Cc1cc(C(=O)NN)oc1C. The number of amides is 2. The standard InChI is InChI=1S/C13H20N4O3/c1-8-9(6-11(20-8)13(19)16-14)7-17-5-3-4-10(17)12(18)15-2/h6,10H,3-5,7,14H2,1-2H3,(H,15,18)(H,16,19). The Balaban J connectivity index is 2.11. The molecule has 20 heavy (non-hydrogen) atoms. The van der Waals surface area contributed by atoms with E-state index in [9.17, 15) is 9.59 Å². The first-order valence-electron chi connectivity index (χ1n) is 6.62. The van der Waals surface area contributed by atoms with Gasteiger partial charge in [0, 0.05) is 19.2 Å². The lowest BCUT2D eigenvalue weighted by Gasteiger charge is -2.22. The van der Waals surface area contributed by atoms with Gasteiger partial charge in [0.25, 0.3) is 0 Å². The van der Waals surface area contributed by atoms with E-state index in [0.29, 0.717) is 12.3 Å².